The average molecular weight is 367 g/mol. The Balaban J connectivity index is 2.26. The van der Waals surface area contributed by atoms with Gasteiger partial charge in [-0.05, 0) is 35.3 Å². The number of unbranched alkanes of at least 4 members (excludes halogenated alkanes) is 2. The van der Waals surface area contributed by atoms with Gasteiger partial charge in [-0.3, -0.25) is 0 Å². The lowest BCUT2D eigenvalue weighted by atomic mass is 10.1. The summed E-state index contributed by atoms with van der Waals surface area (Å²) in [6, 6.07) is 3.29. The van der Waals surface area contributed by atoms with Crippen LogP contribution >= 0.6 is 27.5 Å². The highest BCUT2D eigenvalue weighted by Gasteiger charge is 2.08. The molecule has 1 aromatic carbocycles. The highest BCUT2D eigenvalue weighted by Crippen LogP contribution is 2.30. The summed E-state index contributed by atoms with van der Waals surface area (Å²) >= 11 is 8.98. The van der Waals surface area contributed by atoms with Crippen LogP contribution in [0.25, 0.3) is 0 Å². The van der Waals surface area contributed by atoms with E-state index in [1.54, 1.807) is 0 Å². The number of nitrogens with one attached hydrogen (secondary N) is 1. The first kappa shape index (κ1) is 17.7. The third kappa shape index (κ3) is 6.42. The van der Waals surface area contributed by atoms with Gasteiger partial charge in [-0.2, -0.15) is 0 Å². The predicted octanol–water partition coefficient (Wildman–Crippen LogP) is 5.18. The highest BCUT2D eigenvalue weighted by atomic mass is 79.9. The van der Waals surface area contributed by atoms with E-state index in [4.69, 9.17) is 16.3 Å². The molecule has 1 aromatic rings. The summed E-state index contributed by atoms with van der Waals surface area (Å²) < 4.78 is 19.5. The van der Waals surface area contributed by atoms with Crippen molar-refractivity contribution >= 4 is 27.5 Å². The van der Waals surface area contributed by atoms with E-state index < -0.39 is 5.82 Å². The first-order valence-corrected chi connectivity index (χ1v) is 8.22. The maximum absolute atomic E-state index is 13.3. The zero-order chi connectivity index (χ0) is 15.0. The summed E-state index contributed by atoms with van der Waals surface area (Å²) in [6.45, 7) is 5.62. The molecular formula is C15H22BrClFNO. The summed E-state index contributed by atoms with van der Waals surface area (Å²) in [7, 11) is 0. The molecule has 2 nitrogen and oxygen atoms in total. The zero-order valence-electron chi connectivity index (χ0n) is 12.0. The van der Waals surface area contributed by atoms with Crippen LogP contribution in [0.15, 0.2) is 16.6 Å². The van der Waals surface area contributed by atoms with E-state index in [1.165, 1.54) is 37.8 Å². The van der Waals surface area contributed by atoms with Crippen LogP contribution in [0.1, 0.15) is 39.5 Å². The lowest BCUT2D eigenvalue weighted by Gasteiger charge is -2.14. The number of benzene rings is 1. The van der Waals surface area contributed by atoms with Crippen molar-refractivity contribution in [1.29, 1.82) is 0 Å². The van der Waals surface area contributed by atoms with Gasteiger partial charge in [0.25, 0.3) is 0 Å². The molecule has 0 aliphatic carbocycles. The average Bonchev–Trinajstić information content (AvgIpc) is 2.40. The van der Waals surface area contributed by atoms with Gasteiger partial charge in [-0.15, -0.1) is 0 Å². The molecule has 5 heteroatoms. The summed E-state index contributed by atoms with van der Waals surface area (Å²) in [4.78, 5) is 0. The minimum Gasteiger partial charge on any atom is -0.491 e. The van der Waals surface area contributed by atoms with Gasteiger partial charge in [0.1, 0.15) is 18.2 Å². The largest absolute Gasteiger partial charge is 0.491 e. The molecule has 0 aromatic heterocycles. The van der Waals surface area contributed by atoms with Crippen LogP contribution < -0.4 is 10.1 Å². The van der Waals surface area contributed by atoms with Gasteiger partial charge in [0.2, 0.25) is 0 Å². The highest BCUT2D eigenvalue weighted by molar-refractivity contribution is 9.10. The van der Waals surface area contributed by atoms with Gasteiger partial charge in [-0.1, -0.05) is 37.8 Å². The SMILES string of the molecule is CCCCCC(C)NCCOc1cc(F)c(Cl)cc1Br. The molecule has 0 amide bonds. The zero-order valence-corrected chi connectivity index (χ0v) is 14.4. The van der Waals surface area contributed by atoms with E-state index in [0.717, 1.165) is 6.54 Å². The Morgan fingerprint density at radius 1 is 1.40 bits per heavy atom. The summed E-state index contributed by atoms with van der Waals surface area (Å²) in [5.41, 5.74) is 0. The van der Waals surface area contributed by atoms with Crippen LogP contribution in [0.2, 0.25) is 5.02 Å². The van der Waals surface area contributed by atoms with E-state index in [2.05, 4.69) is 35.1 Å². The number of rotatable bonds is 9. The van der Waals surface area contributed by atoms with Crippen molar-refractivity contribution in [3.05, 3.63) is 27.4 Å². The second-order valence-electron chi connectivity index (χ2n) is 4.90. The van der Waals surface area contributed by atoms with Crippen LogP contribution in [0.4, 0.5) is 4.39 Å². The fraction of sp³-hybridized carbons (Fsp3) is 0.600. The second kappa shape index (κ2) is 9.59. The van der Waals surface area contributed by atoms with Gasteiger partial charge in [-0.25, -0.2) is 4.39 Å². The summed E-state index contributed by atoms with van der Waals surface area (Å²) in [6.07, 6.45) is 4.94. The molecule has 0 fully saturated rings. The minimum atomic E-state index is -0.467. The smallest absolute Gasteiger partial charge is 0.145 e. The van der Waals surface area contributed by atoms with Crippen molar-refractivity contribution in [2.24, 2.45) is 0 Å². The molecule has 0 saturated carbocycles. The third-order valence-electron chi connectivity index (χ3n) is 3.07. The Labute approximate surface area is 134 Å². The number of ether oxygens (including phenoxy) is 1. The molecule has 0 heterocycles. The van der Waals surface area contributed by atoms with E-state index in [-0.39, 0.29) is 5.02 Å². The van der Waals surface area contributed by atoms with Crippen LogP contribution in [0.3, 0.4) is 0 Å². The maximum Gasteiger partial charge on any atom is 0.145 e. The Hall–Kier alpha value is -0.320. The summed E-state index contributed by atoms with van der Waals surface area (Å²) in [5, 5.41) is 3.49. The molecule has 0 radical (unpaired) electrons. The van der Waals surface area contributed by atoms with Crippen LogP contribution in [-0.4, -0.2) is 19.2 Å². The molecule has 0 spiro atoms. The first-order chi connectivity index (χ1) is 9.54. The topological polar surface area (TPSA) is 21.3 Å². The van der Waals surface area contributed by atoms with Gasteiger partial charge < -0.3 is 10.1 Å². The third-order valence-corrected chi connectivity index (χ3v) is 3.98. The molecule has 1 unspecified atom stereocenters. The monoisotopic (exact) mass is 365 g/mol. The maximum atomic E-state index is 13.3. The first-order valence-electron chi connectivity index (χ1n) is 7.05. The Kier molecular flexibility index (Phi) is 8.50. The van der Waals surface area contributed by atoms with E-state index in [9.17, 15) is 4.39 Å². The lowest BCUT2D eigenvalue weighted by molar-refractivity contribution is 0.301. The normalized spacial score (nSPS) is 12.4. The van der Waals surface area contributed by atoms with Crippen LogP contribution in [0, 0.1) is 5.82 Å². The van der Waals surface area contributed by atoms with E-state index >= 15 is 0 Å². The molecule has 114 valence electrons. The Bertz CT molecular complexity index is 417. The Morgan fingerprint density at radius 2 is 2.15 bits per heavy atom. The van der Waals surface area contributed by atoms with Gasteiger partial charge in [0.05, 0.1) is 9.50 Å². The van der Waals surface area contributed by atoms with E-state index in [0.29, 0.717) is 22.9 Å². The van der Waals surface area contributed by atoms with Crippen LogP contribution in [0.5, 0.6) is 5.75 Å². The molecule has 0 bridgehead atoms. The molecule has 20 heavy (non-hydrogen) atoms. The standard InChI is InChI=1S/C15H22BrClFNO/c1-3-4-5-6-11(2)19-7-8-20-15-10-14(18)13(17)9-12(15)16/h9-11,19H,3-8H2,1-2H3. The van der Waals surface area contributed by atoms with E-state index in [1.807, 2.05) is 0 Å². The number of hydrogen-bond donors (Lipinski definition) is 1. The molecule has 0 aliphatic rings. The van der Waals surface area contributed by atoms with Gasteiger partial charge >= 0.3 is 0 Å². The number of hydrogen-bond acceptors (Lipinski definition) is 2. The van der Waals surface area contributed by atoms with Crippen molar-refractivity contribution in [2.45, 2.75) is 45.6 Å². The van der Waals surface area contributed by atoms with Crippen LogP contribution in [-0.2, 0) is 0 Å². The quantitative estimate of drug-likeness (QED) is 0.480. The van der Waals surface area contributed by atoms with Gasteiger partial charge in [0.15, 0.2) is 0 Å². The Morgan fingerprint density at radius 3 is 2.85 bits per heavy atom. The second-order valence-corrected chi connectivity index (χ2v) is 6.16. The molecule has 1 rings (SSSR count). The fourth-order valence-corrected chi connectivity index (χ4v) is 2.64. The minimum absolute atomic E-state index is 0.0897. The molecule has 1 N–H and O–H groups in total. The molecule has 0 aliphatic heterocycles. The molecule has 0 saturated heterocycles. The van der Waals surface area contributed by atoms with Crippen molar-refractivity contribution in [1.82, 2.24) is 5.32 Å². The predicted molar refractivity (Wildman–Crippen MR) is 86.2 cm³/mol. The van der Waals surface area contributed by atoms with Crippen molar-refractivity contribution in [3.63, 3.8) is 0 Å². The summed E-state index contributed by atoms with van der Waals surface area (Å²) in [5.74, 6) is 0.0121. The number of halogens is 3. The molecule has 1 atom stereocenters. The molecular weight excluding hydrogens is 345 g/mol. The van der Waals surface area contributed by atoms with Crippen molar-refractivity contribution in [3.8, 4) is 5.75 Å². The fourth-order valence-electron chi connectivity index (χ4n) is 1.88. The lowest BCUT2D eigenvalue weighted by Crippen LogP contribution is -2.30. The van der Waals surface area contributed by atoms with Gasteiger partial charge in [0, 0.05) is 18.7 Å². The van der Waals surface area contributed by atoms with Crippen molar-refractivity contribution in [2.75, 3.05) is 13.2 Å². The van der Waals surface area contributed by atoms with Crippen molar-refractivity contribution < 1.29 is 9.13 Å².